The van der Waals surface area contributed by atoms with Crippen LogP contribution < -0.4 is 24.3 Å². The third-order valence-corrected chi connectivity index (χ3v) is 4.35. The normalized spacial score (nSPS) is 11.0. The van der Waals surface area contributed by atoms with Gasteiger partial charge in [-0.3, -0.25) is 4.99 Å². The number of nitrogens with zero attached hydrogens (tertiary/aromatic N) is 2. The highest BCUT2D eigenvalue weighted by molar-refractivity contribution is 5.79. The van der Waals surface area contributed by atoms with Gasteiger partial charge in [-0.15, -0.1) is 0 Å². The average Bonchev–Trinajstić information content (AvgIpc) is 2.73. The summed E-state index contributed by atoms with van der Waals surface area (Å²) in [6.45, 7) is 1.22. The fourth-order valence-corrected chi connectivity index (χ4v) is 2.97. The summed E-state index contributed by atoms with van der Waals surface area (Å²) in [5.41, 5.74) is 2.07. The molecule has 0 aliphatic rings. The molecule has 0 bridgehead atoms. The van der Waals surface area contributed by atoms with Gasteiger partial charge in [-0.1, -0.05) is 18.2 Å². The Balaban J connectivity index is 2.11. The highest BCUT2D eigenvalue weighted by Gasteiger charge is 2.14. The van der Waals surface area contributed by atoms with E-state index >= 15 is 0 Å². The van der Waals surface area contributed by atoms with Crippen molar-refractivity contribution in [2.24, 2.45) is 4.99 Å². The molecule has 0 saturated carbocycles. The van der Waals surface area contributed by atoms with Gasteiger partial charge in [0.1, 0.15) is 5.75 Å². The lowest BCUT2D eigenvalue weighted by molar-refractivity contribution is 0.323. The molecule has 7 heteroatoms. The topological polar surface area (TPSA) is 64.6 Å². The molecular formula is C21H29N3O4. The van der Waals surface area contributed by atoms with Crippen LogP contribution in [0.4, 0.5) is 0 Å². The quantitative estimate of drug-likeness (QED) is 0.555. The molecule has 2 rings (SSSR count). The maximum absolute atomic E-state index is 5.44. The van der Waals surface area contributed by atoms with Gasteiger partial charge in [0.15, 0.2) is 17.5 Å². The average molecular weight is 387 g/mol. The summed E-state index contributed by atoms with van der Waals surface area (Å²) in [5.74, 6) is 3.44. The zero-order valence-electron chi connectivity index (χ0n) is 17.4. The van der Waals surface area contributed by atoms with E-state index < -0.39 is 0 Å². The van der Waals surface area contributed by atoms with E-state index in [9.17, 15) is 0 Å². The van der Waals surface area contributed by atoms with Crippen LogP contribution in [0.2, 0.25) is 0 Å². The maximum atomic E-state index is 5.44. The van der Waals surface area contributed by atoms with Crippen LogP contribution in [0.25, 0.3) is 0 Å². The summed E-state index contributed by atoms with van der Waals surface area (Å²) >= 11 is 0. The van der Waals surface area contributed by atoms with Crippen molar-refractivity contribution in [2.45, 2.75) is 13.1 Å². The van der Waals surface area contributed by atoms with E-state index in [1.54, 1.807) is 35.5 Å². The van der Waals surface area contributed by atoms with E-state index in [0.717, 1.165) is 22.8 Å². The monoisotopic (exact) mass is 387 g/mol. The van der Waals surface area contributed by atoms with Crippen molar-refractivity contribution in [1.29, 1.82) is 0 Å². The highest BCUT2D eigenvalue weighted by atomic mass is 16.5. The summed E-state index contributed by atoms with van der Waals surface area (Å²) in [6, 6.07) is 11.8. The number of hydrogen-bond acceptors (Lipinski definition) is 5. The van der Waals surface area contributed by atoms with Gasteiger partial charge in [-0.25, -0.2) is 0 Å². The van der Waals surface area contributed by atoms with Crippen molar-refractivity contribution in [2.75, 3.05) is 42.5 Å². The lowest BCUT2D eigenvalue weighted by Gasteiger charge is -2.23. The SMILES string of the molecule is CN=C(NCc1cc(OC)c(OC)c(OC)c1)N(C)Cc1ccccc1OC. The van der Waals surface area contributed by atoms with Crippen molar-refractivity contribution in [3.8, 4) is 23.0 Å². The molecule has 2 aromatic rings. The third kappa shape index (κ3) is 5.00. The first kappa shape index (κ1) is 21.2. The molecule has 1 N–H and O–H groups in total. The zero-order chi connectivity index (χ0) is 20.5. The molecule has 0 aliphatic heterocycles. The van der Waals surface area contributed by atoms with Gasteiger partial charge in [-0.2, -0.15) is 0 Å². The van der Waals surface area contributed by atoms with E-state index in [1.165, 1.54) is 0 Å². The molecule has 0 fully saturated rings. The molecule has 0 radical (unpaired) electrons. The van der Waals surface area contributed by atoms with Gasteiger partial charge >= 0.3 is 0 Å². The van der Waals surface area contributed by atoms with Crippen molar-refractivity contribution in [3.63, 3.8) is 0 Å². The van der Waals surface area contributed by atoms with Crippen molar-refractivity contribution in [1.82, 2.24) is 10.2 Å². The number of guanidine groups is 1. The predicted molar refractivity (Wildman–Crippen MR) is 111 cm³/mol. The Morgan fingerprint density at radius 2 is 1.54 bits per heavy atom. The smallest absolute Gasteiger partial charge is 0.203 e. The molecule has 7 nitrogen and oxygen atoms in total. The lowest BCUT2D eigenvalue weighted by Crippen LogP contribution is -2.38. The minimum Gasteiger partial charge on any atom is -0.496 e. The largest absolute Gasteiger partial charge is 0.496 e. The first-order valence-corrected chi connectivity index (χ1v) is 8.90. The maximum Gasteiger partial charge on any atom is 0.203 e. The zero-order valence-corrected chi connectivity index (χ0v) is 17.4. The van der Waals surface area contributed by atoms with Crippen molar-refractivity contribution < 1.29 is 18.9 Å². The number of methoxy groups -OCH3 is 4. The molecule has 2 aromatic carbocycles. The molecule has 0 aliphatic carbocycles. The Kier molecular flexibility index (Phi) is 7.80. The molecule has 0 amide bonds. The van der Waals surface area contributed by atoms with Crippen LogP contribution in [0.5, 0.6) is 23.0 Å². The second-order valence-electron chi connectivity index (χ2n) is 6.10. The number of benzene rings is 2. The van der Waals surface area contributed by atoms with Crippen LogP contribution in [-0.2, 0) is 13.1 Å². The number of ether oxygens (including phenoxy) is 4. The van der Waals surface area contributed by atoms with Crippen molar-refractivity contribution >= 4 is 5.96 Å². The van der Waals surface area contributed by atoms with E-state index in [-0.39, 0.29) is 0 Å². The molecule has 0 heterocycles. The molecule has 0 aromatic heterocycles. The Hall–Kier alpha value is -3.09. The fourth-order valence-electron chi connectivity index (χ4n) is 2.97. The first-order valence-electron chi connectivity index (χ1n) is 8.90. The van der Waals surface area contributed by atoms with Gasteiger partial charge in [0.05, 0.1) is 28.4 Å². The summed E-state index contributed by atoms with van der Waals surface area (Å²) in [6.07, 6.45) is 0. The summed E-state index contributed by atoms with van der Waals surface area (Å²) < 4.78 is 21.6. The van der Waals surface area contributed by atoms with Gasteiger partial charge in [0.2, 0.25) is 5.75 Å². The number of nitrogens with one attached hydrogen (secondary N) is 1. The Labute approximate surface area is 166 Å². The minimum atomic E-state index is 0.555. The van der Waals surface area contributed by atoms with E-state index in [2.05, 4.69) is 10.3 Å². The molecule has 0 saturated heterocycles. The van der Waals surface area contributed by atoms with Gasteiger partial charge in [0.25, 0.3) is 0 Å². The van der Waals surface area contributed by atoms with Crippen LogP contribution in [0.3, 0.4) is 0 Å². The van der Waals surface area contributed by atoms with Crippen molar-refractivity contribution in [3.05, 3.63) is 47.5 Å². The second kappa shape index (κ2) is 10.3. The standard InChI is InChI=1S/C21H29N3O4/c1-22-21(24(2)14-16-9-7-8-10-17(16)25-3)23-13-15-11-18(26-4)20(28-6)19(12-15)27-5/h7-12H,13-14H2,1-6H3,(H,22,23). The molecule has 152 valence electrons. The minimum absolute atomic E-state index is 0.555. The predicted octanol–water partition coefficient (Wildman–Crippen LogP) is 2.93. The fraction of sp³-hybridized carbons (Fsp3) is 0.381. The molecule has 0 spiro atoms. The number of rotatable bonds is 8. The van der Waals surface area contributed by atoms with Crippen LogP contribution in [0.1, 0.15) is 11.1 Å². The van der Waals surface area contributed by atoms with Crippen LogP contribution >= 0.6 is 0 Å². The van der Waals surface area contributed by atoms with E-state index in [1.807, 2.05) is 48.3 Å². The number of aliphatic imine (C=N–C) groups is 1. The van der Waals surface area contributed by atoms with Crippen LogP contribution in [-0.4, -0.2) is 53.4 Å². The second-order valence-corrected chi connectivity index (χ2v) is 6.10. The molecular weight excluding hydrogens is 358 g/mol. The Morgan fingerprint density at radius 3 is 2.07 bits per heavy atom. The first-order chi connectivity index (χ1) is 13.6. The molecule has 28 heavy (non-hydrogen) atoms. The van der Waals surface area contributed by atoms with E-state index in [0.29, 0.717) is 30.3 Å². The molecule has 0 atom stereocenters. The van der Waals surface area contributed by atoms with Crippen LogP contribution in [0.15, 0.2) is 41.4 Å². The van der Waals surface area contributed by atoms with Crippen LogP contribution in [0, 0.1) is 0 Å². The summed E-state index contributed by atoms with van der Waals surface area (Å²) in [4.78, 5) is 6.41. The van der Waals surface area contributed by atoms with Gasteiger partial charge in [-0.05, 0) is 23.8 Å². The number of hydrogen-bond donors (Lipinski definition) is 1. The third-order valence-electron chi connectivity index (χ3n) is 4.35. The summed E-state index contributed by atoms with van der Waals surface area (Å²) in [7, 11) is 10.2. The Bertz CT molecular complexity index is 783. The molecule has 0 unspecified atom stereocenters. The highest BCUT2D eigenvalue weighted by Crippen LogP contribution is 2.38. The summed E-state index contributed by atoms with van der Waals surface area (Å²) in [5, 5.41) is 3.37. The van der Waals surface area contributed by atoms with Gasteiger partial charge < -0.3 is 29.2 Å². The Morgan fingerprint density at radius 1 is 0.929 bits per heavy atom. The lowest BCUT2D eigenvalue weighted by atomic mass is 10.1. The number of para-hydroxylation sites is 1. The van der Waals surface area contributed by atoms with Gasteiger partial charge in [0, 0.05) is 32.7 Å². The van der Waals surface area contributed by atoms with E-state index in [4.69, 9.17) is 18.9 Å².